The minimum absolute atomic E-state index is 0.316. The summed E-state index contributed by atoms with van der Waals surface area (Å²) < 4.78 is 0. The first-order valence-electron chi connectivity index (χ1n) is 3.34. The third kappa shape index (κ3) is 2.04. The minimum atomic E-state index is 0.316. The molecular formula is C7H13NO. The third-order valence-corrected chi connectivity index (χ3v) is 1.55. The van der Waals surface area contributed by atoms with Gasteiger partial charge in [0, 0.05) is 11.6 Å². The highest BCUT2D eigenvalue weighted by molar-refractivity contribution is 5.56. The van der Waals surface area contributed by atoms with Crippen LogP contribution in [0.25, 0.3) is 0 Å². The van der Waals surface area contributed by atoms with Gasteiger partial charge in [-0.2, -0.15) is 0 Å². The summed E-state index contributed by atoms with van der Waals surface area (Å²) in [6, 6.07) is 0. The van der Waals surface area contributed by atoms with E-state index in [1.54, 1.807) is 0 Å². The van der Waals surface area contributed by atoms with Crippen LogP contribution in [0.4, 0.5) is 0 Å². The topological polar surface area (TPSA) is 21.6 Å². The average molecular weight is 127 g/mol. The Morgan fingerprint density at radius 2 is 2.33 bits per heavy atom. The summed E-state index contributed by atoms with van der Waals surface area (Å²) in [5.41, 5.74) is 0.316. The molecule has 0 bridgehead atoms. The molecule has 0 aromatic carbocycles. The van der Waals surface area contributed by atoms with Gasteiger partial charge < -0.3 is 4.84 Å². The lowest BCUT2D eigenvalue weighted by molar-refractivity contribution is 0.0725. The highest BCUT2D eigenvalue weighted by Crippen LogP contribution is 2.23. The van der Waals surface area contributed by atoms with Crippen molar-refractivity contribution in [2.75, 3.05) is 6.61 Å². The number of hydrogen-bond acceptors (Lipinski definition) is 2. The van der Waals surface area contributed by atoms with Crippen LogP contribution in [0.3, 0.4) is 0 Å². The average Bonchev–Trinajstić information content (AvgIpc) is 1.92. The second kappa shape index (κ2) is 2.38. The molecule has 0 aromatic rings. The molecule has 0 saturated carbocycles. The van der Waals surface area contributed by atoms with Gasteiger partial charge in [0.15, 0.2) is 0 Å². The second-order valence-electron chi connectivity index (χ2n) is 3.26. The fourth-order valence-corrected chi connectivity index (χ4v) is 0.845. The van der Waals surface area contributed by atoms with E-state index in [0.29, 0.717) is 5.41 Å². The Hall–Kier alpha value is -0.530. The molecule has 1 rings (SSSR count). The monoisotopic (exact) mass is 127 g/mol. The molecule has 0 fully saturated rings. The van der Waals surface area contributed by atoms with E-state index in [1.807, 2.05) is 6.21 Å². The highest BCUT2D eigenvalue weighted by atomic mass is 16.6. The normalized spacial score (nSPS) is 24.7. The summed E-state index contributed by atoms with van der Waals surface area (Å²) in [7, 11) is 0. The summed E-state index contributed by atoms with van der Waals surface area (Å²) in [6.45, 7) is 5.15. The quantitative estimate of drug-likeness (QED) is 0.486. The summed E-state index contributed by atoms with van der Waals surface area (Å²) in [5.74, 6) is 0. The van der Waals surface area contributed by atoms with Crippen LogP contribution in [0.15, 0.2) is 5.16 Å². The van der Waals surface area contributed by atoms with Gasteiger partial charge >= 0.3 is 0 Å². The van der Waals surface area contributed by atoms with Crippen molar-refractivity contribution in [2.24, 2.45) is 10.6 Å². The van der Waals surface area contributed by atoms with Crippen molar-refractivity contribution in [1.82, 2.24) is 0 Å². The molecule has 9 heavy (non-hydrogen) atoms. The molecule has 0 saturated heterocycles. The molecule has 1 heterocycles. The number of rotatable bonds is 0. The minimum Gasteiger partial charge on any atom is -0.396 e. The van der Waals surface area contributed by atoms with E-state index in [4.69, 9.17) is 4.84 Å². The zero-order valence-corrected chi connectivity index (χ0v) is 6.05. The molecule has 0 aliphatic carbocycles. The van der Waals surface area contributed by atoms with Gasteiger partial charge in [-0.05, 0) is 12.8 Å². The highest BCUT2D eigenvalue weighted by Gasteiger charge is 2.19. The van der Waals surface area contributed by atoms with Crippen molar-refractivity contribution in [3.8, 4) is 0 Å². The summed E-state index contributed by atoms with van der Waals surface area (Å²) in [4.78, 5) is 4.98. The molecule has 1 aliphatic rings. The van der Waals surface area contributed by atoms with Gasteiger partial charge in [-0.3, -0.25) is 0 Å². The van der Waals surface area contributed by atoms with Crippen LogP contribution in [0.1, 0.15) is 26.7 Å². The van der Waals surface area contributed by atoms with Crippen LogP contribution in [0.5, 0.6) is 0 Å². The SMILES string of the molecule is CC1(C)CCC=NOC1. The molecule has 0 N–H and O–H groups in total. The molecule has 0 radical (unpaired) electrons. The van der Waals surface area contributed by atoms with E-state index in [2.05, 4.69) is 19.0 Å². The van der Waals surface area contributed by atoms with E-state index in [-0.39, 0.29) is 0 Å². The van der Waals surface area contributed by atoms with Gasteiger partial charge in [-0.15, -0.1) is 0 Å². The van der Waals surface area contributed by atoms with Crippen molar-refractivity contribution < 1.29 is 4.84 Å². The first kappa shape index (κ1) is 6.59. The molecular weight excluding hydrogens is 114 g/mol. The standard InChI is InChI=1S/C7H13NO/c1-7(2)4-3-5-8-9-6-7/h5H,3-4,6H2,1-2H3. The number of hydrogen-bond donors (Lipinski definition) is 0. The van der Waals surface area contributed by atoms with Crippen LogP contribution >= 0.6 is 0 Å². The smallest absolute Gasteiger partial charge is 0.122 e. The van der Waals surface area contributed by atoms with E-state index in [1.165, 1.54) is 6.42 Å². The first-order chi connectivity index (χ1) is 4.21. The lowest BCUT2D eigenvalue weighted by atomic mass is 9.89. The maximum Gasteiger partial charge on any atom is 0.122 e. The van der Waals surface area contributed by atoms with Crippen LogP contribution in [-0.4, -0.2) is 12.8 Å². The van der Waals surface area contributed by atoms with Gasteiger partial charge in [-0.1, -0.05) is 19.0 Å². The fourth-order valence-electron chi connectivity index (χ4n) is 0.845. The predicted molar refractivity (Wildman–Crippen MR) is 37.5 cm³/mol. The van der Waals surface area contributed by atoms with Gasteiger partial charge in [-0.25, -0.2) is 0 Å². The van der Waals surface area contributed by atoms with Crippen LogP contribution in [0.2, 0.25) is 0 Å². The van der Waals surface area contributed by atoms with Gasteiger partial charge in [0.1, 0.15) is 6.61 Å². The largest absolute Gasteiger partial charge is 0.396 e. The van der Waals surface area contributed by atoms with Gasteiger partial charge in [0.2, 0.25) is 0 Å². The van der Waals surface area contributed by atoms with Crippen molar-refractivity contribution in [3.05, 3.63) is 0 Å². The Kier molecular flexibility index (Phi) is 1.74. The third-order valence-electron chi connectivity index (χ3n) is 1.55. The summed E-state index contributed by atoms with van der Waals surface area (Å²) >= 11 is 0. The maximum atomic E-state index is 4.98. The first-order valence-corrected chi connectivity index (χ1v) is 3.34. The lowest BCUT2D eigenvalue weighted by Crippen LogP contribution is -2.15. The van der Waals surface area contributed by atoms with Crippen molar-refractivity contribution in [2.45, 2.75) is 26.7 Å². The Morgan fingerprint density at radius 1 is 1.56 bits per heavy atom. The van der Waals surface area contributed by atoms with Gasteiger partial charge in [0.25, 0.3) is 0 Å². The molecule has 0 unspecified atom stereocenters. The van der Waals surface area contributed by atoms with Crippen molar-refractivity contribution in [1.29, 1.82) is 0 Å². The predicted octanol–water partition coefficient (Wildman–Crippen LogP) is 1.81. The Morgan fingerprint density at radius 3 is 3.11 bits per heavy atom. The van der Waals surface area contributed by atoms with E-state index in [9.17, 15) is 0 Å². The van der Waals surface area contributed by atoms with E-state index < -0.39 is 0 Å². The molecule has 1 aliphatic heterocycles. The number of nitrogens with zero attached hydrogens (tertiary/aromatic N) is 1. The lowest BCUT2D eigenvalue weighted by Gasteiger charge is -2.18. The summed E-state index contributed by atoms with van der Waals surface area (Å²) in [5, 5.41) is 3.74. The summed E-state index contributed by atoms with van der Waals surface area (Å²) in [6.07, 6.45) is 4.07. The zero-order valence-electron chi connectivity index (χ0n) is 6.05. The Bertz CT molecular complexity index is 106. The fraction of sp³-hybridized carbons (Fsp3) is 0.857. The van der Waals surface area contributed by atoms with Crippen molar-refractivity contribution >= 4 is 6.21 Å². The van der Waals surface area contributed by atoms with Gasteiger partial charge in [0.05, 0.1) is 0 Å². The molecule has 2 heteroatoms. The molecule has 2 nitrogen and oxygen atoms in total. The molecule has 0 spiro atoms. The van der Waals surface area contributed by atoms with Crippen LogP contribution in [-0.2, 0) is 4.84 Å². The molecule has 0 atom stereocenters. The zero-order chi connectivity index (χ0) is 6.74. The van der Waals surface area contributed by atoms with Crippen molar-refractivity contribution in [3.63, 3.8) is 0 Å². The molecule has 0 amide bonds. The second-order valence-corrected chi connectivity index (χ2v) is 3.26. The number of oxime groups is 1. The maximum absolute atomic E-state index is 4.98. The Labute approximate surface area is 55.9 Å². The molecule has 52 valence electrons. The van der Waals surface area contributed by atoms with Crippen LogP contribution < -0.4 is 0 Å². The van der Waals surface area contributed by atoms with E-state index >= 15 is 0 Å². The Balaban J connectivity index is 2.44. The molecule has 0 aromatic heterocycles. The van der Waals surface area contributed by atoms with Crippen LogP contribution in [0, 0.1) is 5.41 Å². The van der Waals surface area contributed by atoms with E-state index in [0.717, 1.165) is 13.0 Å².